The van der Waals surface area contributed by atoms with E-state index < -0.39 is 5.97 Å². The van der Waals surface area contributed by atoms with E-state index in [1.165, 1.54) is 0 Å². The van der Waals surface area contributed by atoms with Crippen molar-refractivity contribution in [3.8, 4) is 5.69 Å². The van der Waals surface area contributed by atoms with Crippen LogP contribution in [0.2, 0.25) is 0 Å². The first kappa shape index (κ1) is 19.9. The van der Waals surface area contributed by atoms with Crippen LogP contribution in [0.1, 0.15) is 27.3 Å². The van der Waals surface area contributed by atoms with Crippen LogP contribution in [0, 0.1) is 20.8 Å². The summed E-state index contributed by atoms with van der Waals surface area (Å²) in [5.74, 6) is -0.918. The zero-order valence-electron chi connectivity index (χ0n) is 16.0. The lowest BCUT2D eigenvalue weighted by molar-refractivity contribution is -0.119. The Morgan fingerprint density at radius 2 is 1.71 bits per heavy atom. The molecule has 5 nitrogen and oxygen atoms in total. The molecule has 0 fully saturated rings. The number of rotatable bonds is 5. The zero-order valence-corrected chi connectivity index (χ0v) is 17.5. The maximum absolute atomic E-state index is 12.4. The predicted molar refractivity (Wildman–Crippen MR) is 113 cm³/mol. The fourth-order valence-electron chi connectivity index (χ4n) is 3.02. The molecule has 3 rings (SSSR count). The van der Waals surface area contributed by atoms with Gasteiger partial charge in [-0.15, -0.1) is 0 Å². The van der Waals surface area contributed by atoms with Crippen LogP contribution in [0.15, 0.2) is 59.1 Å². The van der Waals surface area contributed by atoms with E-state index in [4.69, 9.17) is 4.74 Å². The summed E-state index contributed by atoms with van der Waals surface area (Å²) >= 11 is 3.38. The first-order valence-electron chi connectivity index (χ1n) is 8.83. The number of carbonyl (C=O) groups excluding carboxylic acids is 2. The van der Waals surface area contributed by atoms with Crippen LogP contribution in [0.4, 0.5) is 5.69 Å². The van der Waals surface area contributed by atoms with Crippen molar-refractivity contribution >= 4 is 33.5 Å². The van der Waals surface area contributed by atoms with Gasteiger partial charge in [-0.25, -0.2) is 4.79 Å². The molecule has 0 bridgehead atoms. The summed E-state index contributed by atoms with van der Waals surface area (Å²) in [5.41, 5.74) is 5.03. The highest BCUT2D eigenvalue weighted by molar-refractivity contribution is 9.10. The van der Waals surface area contributed by atoms with Gasteiger partial charge in [-0.3, -0.25) is 4.79 Å². The van der Waals surface area contributed by atoms with E-state index in [9.17, 15) is 9.59 Å². The normalized spacial score (nSPS) is 10.6. The number of hydrogen-bond donors (Lipinski definition) is 1. The molecule has 0 radical (unpaired) electrons. The molecule has 2 aromatic carbocycles. The highest BCUT2D eigenvalue weighted by Gasteiger charge is 2.13. The molecule has 0 unspecified atom stereocenters. The molecule has 0 saturated heterocycles. The summed E-state index contributed by atoms with van der Waals surface area (Å²) in [6.45, 7) is 5.56. The van der Waals surface area contributed by atoms with Crippen LogP contribution < -0.4 is 5.32 Å². The number of ether oxygens (including phenoxy) is 1. The third-order valence-electron chi connectivity index (χ3n) is 4.41. The Morgan fingerprint density at radius 3 is 2.39 bits per heavy atom. The van der Waals surface area contributed by atoms with Gasteiger partial charge in [0.2, 0.25) is 0 Å². The van der Waals surface area contributed by atoms with E-state index in [0.29, 0.717) is 11.3 Å². The van der Waals surface area contributed by atoms with Crippen molar-refractivity contribution in [3.63, 3.8) is 0 Å². The second-order valence-corrected chi connectivity index (χ2v) is 7.50. The molecule has 1 N–H and O–H groups in total. The first-order chi connectivity index (χ1) is 13.3. The predicted octanol–water partition coefficient (Wildman–Crippen LogP) is 4.96. The molecule has 144 valence electrons. The van der Waals surface area contributed by atoms with Crippen molar-refractivity contribution in [3.05, 3.63) is 81.6 Å². The number of esters is 1. The number of anilines is 1. The van der Waals surface area contributed by atoms with Gasteiger partial charge in [0.25, 0.3) is 5.91 Å². The monoisotopic (exact) mass is 440 g/mol. The van der Waals surface area contributed by atoms with E-state index in [2.05, 4.69) is 25.8 Å². The number of amides is 1. The van der Waals surface area contributed by atoms with Crippen LogP contribution in [0.3, 0.4) is 0 Å². The van der Waals surface area contributed by atoms with Gasteiger partial charge < -0.3 is 14.6 Å². The minimum Gasteiger partial charge on any atom is -0.452 e. The Morgan fingerprint density at radius 1 is 1.00 bits per heavy atom. The summed E-state index contributed by atoms with van der Waals surface area (Å²) in [6, 6.07) is 16.8. The van der Waals surface area contributed by atoms with Crippen LogP contribution in [-0.2, 0) is 9.53 Å². The molecule has 1 amide bonds. The Kier molecular flexibility index (Phi) is 5.99. The van der Waals surface area contributed by atoms with Gasteiger partial charge in [0.1, 0.15) is 0 Å². The molecule has 0 aliphatic carbocycles. The number of halogens is 1. The minimum absolute atomic E-state index is 0.347. The number of hydrogen-bond acceptors (Lipinski definition) is 3. The SMILES string of the molecule is Cc1cc(Br)ccc1NC(=O)COC(=O)c1cccc(-n2c(C)ccc2C)c1. The highest BCUT2D eigenvalue weighted by atomic mass is 79.9. The molecule has 0 saturated carbocycles. The summed E-state index contributed by atoms with van der Waals surface area (Å²) in [6.07, 6.45) is 0. The first-order valence-corrected chi connectivity index (χ1v) is 9.63. The van der Waals surface area contributed by atoms with Crippen molar-refractivity contribution in [2.45, 2.75) is 20.8 Å². The molecular weight excluding hydrogens is 420 g/mol. The van der Waals surface area contributed by atoms with E-state index in [0.717, 1.165) is 27.1 Å². The summed E-state index contributed by atoms with van der Waals surface area (Å²) < 4.78 is 8.18. The average molecular weight is 441 g/mol. The average Bonchev–Trinajstić information content (AvgIpc) is 3.00. The zero-order chi connectivity index (χ0) is 20.3. The lowest BCUT2D eigenvalue weighted by Crippen LogP contribution is -2.21. The summed E-state index contributed by atoms with van der Waals surface area (Å²) in [5, 5.41) is 2.75. The maximum Gasteiger partial charge on any atom is 0.338 e. The molecule has 0 spiro atoms. The van der Waals surface area contributed by atoms with Crippen LogP contribution in [-0.4, -0.2) is 23.1 Å². The molecule has 3 aromatic rings. The van der Waals surface area contributed by atoms with Crippen LogP contribution >= 0.6 is 15.9 Å². The minimum atomic E-state index is -0.535. The van der Waals surface area contributed by atoms with Gasteiger partial charge in [0.05, 0.1) is 5.56 Å². The number of carbonyl (C=O) groups is 2. The summed E-state index contributed by atoms with van der Waals surface area (Å²) in [4.78, 5) is 24.5. The molecule has 6 heteroatoms. The Labute approximate surface area is 172 Å². The number of aryl methyl sites for hydroxylation is 3. The van der Waals surface area contributed by atoms with Gasteiger partial charge in [-0.2, -0.15) is 0 Å². The number of nitrogens with zero attached hydrogens (tertiary/aromatic N) is 1. The standard InChI is InChI=1S/C22H21BrN2O3/c1-14-11-18(23)9-10-20(14)24-21(26)13-28-22(27)17-5-4-6-19(12-17)25-15(2)7-8-16(25)3/h4-12H,13H2,1-3H3,(H,24,26). The van der Waals surface area contributed by atoms with E-state index >= 15 is 0 Å². The smallest absolute Gasteiger partial charge is 0.338 e. The molecule has 0 aliphatic rings. The third-order valence-corrected chi connectivity index (χ3v) is 4.90. The van der Waals surface area contributed by atoms with Gasteiger partial charge in [-0.05, 0) is 74.9 Å². The van der Waals surface area contributed by atoms with Crippen LogP contribution in [0.5, 0.6) is 0 Å². The molecule has 0 aliphatic heterocycles. The van der Waals surface area contributed by atoms with E-state index in [1.54, 1.807) is 24.3 Å². The fourth-order valence-corrected chi connectivity index (χ4v) is 3.49. The highest BCUT2D eigenvalue weighted by Crippen LogP contribution is 2.20. The second-order valence-electron chi connectivity index (χ2n) is 6.59. The van der Waals surface area contributed by atoms with Crippen molar-refractivity contribution in [1.29, 1.82) is 0 Å². The Bertz CT molecular complexity index is 1020. The summed E-state index contributed by atoms with van der Waals surface area (Å²) in [7, 11) is 0. The van der Waals surface area contributed by atoms with Gasteiger partial charge >= 0.3 is 5.97 Å². The molecule has 1 aromatic heterocycles. The number of aromatic nitrogens is 1. The third kappa shape index (κ3) is 4.51. The van der Waals surface area contributed by atoms with E-state index in [-0.39, 0.29) is 12.5 Å². The topological polar surface area (TPSA) is 60.3 Å². The Balaban J connectivity index is 1.65. The lowest BCUT2D eigenvalue weighted by Gasteiger charge is -2.12. The quantitative estimate of drug-likeness (QED) is 0.570. The van der Waals surface area contributed by atoms with Crippen LogP contribution in [0.25, 0.3) is 5.69 Å². The van der Waals surface area contributed by atoms with Crippen molar-refractivity contribution < 1.29 is 14.3 Å². The van der Waals surface area contributed by atoms with E-state index in [1.807, 2.05) is 51.1 Å². The lowest BCUT2D eigenvalue weighted by atomic mass is 10.2. The molecule has 1 heterocycles. The van der Waals surface area contributed by atoms with Crippen molar-refractivity contribution in [2.24, 2.45) is 0 Å². The molecule has 0 atom stereocenters. The fraction of sp³-hybridized carbons (Fsp3) is 0.182. The van der Waals surface area contributed by atoms with Gasteiger partial charge in [0, 0.05) is 27.2 Å². The number of nitrogens with one attached hydrogen (secondary N) is 1. The Hall–Kier alpha value is -2.86. The molecule has 28 heavy (non-hydrogen) atoms. The van der Waals surface area contributed by atoms with Crippen molar-refractivity contribution in [2.75, 3.05) is 11.9 Å². The van der Waals surface area contributed by atoms with Gasteiger partial charge in [-0.1, -0.05) is 22.0 Å². The largest absolute Gasteiger partial charge is 0.452 e. The van der Waals surface area contributed by atoms with Crippen molar-refractivity contribution in [1.82, 2.24) is 4.57 Å². The second kappa shape index (κ2) is 8.44. The number of benzene rings is 2. The van der Waals surface area contributed by atoms with Gasteiger partial charge in [0.15, 0.2) is 6.61 Å². The molecular formula is C22H21BrN2O3. The maximum atomic E-state index is 12.4.